The summed E-state index contributed by atoms with van der Waals surface area (Å²) in [5, 5.41) is 2.49. The topological polar surface area (TPSA) is 81.7 Å². The molecule has 0 heterocycles. The number of ether oxygens (including phenoxy) is 2. The van der Waals surface area contributed by atoms with Crippen molar-refractivity contribution in [3.63, 3.8) is 0 Å². The summed E-state index contributed by atoms with van der Waals surface area (Å²) < 4.78 is 10.3. The number of nitrogens with one attached hydrogen (secondary N) is 1. The van der Waals surface area contributed by atoms with Crippen LogP contribution < -0.4 is 10.1 Å². The van der Waals surface area contributed by atoms with Crippen LogP contribution in [-0.4, -0.2) is 37.4 Å². The van der Waals surface area contributed by atoms with E-state index in [0.717, 1.165) is 19.3 Å². The van der Waals surface area contributed by atoms with Crippen LogP contribution in [0, 0.1) is 0 Å². The number of carbonyl (C=O) groups excluding carboxylic acids is 3. The van der Waals surface area contributed by atoms with Crippen LogP contribution in [0.5, 0.6) is 5.75 Å². The predicted molar refractivity (Wildman–Crippen MR) is 104 cm³/mol. The lowest BCUT2D eigenvalue weighted by Crippen LogP contribution is -2.34. The van der Waals surface area contributed by atoms with Gasteiger partial charge in [0.15, 0.2) is 6.10 Å². The zero-order valence-corrected chi connectivity index (χ0v) is 16.0. The zero-order valence-electron chi connectivity index (χ0n) is 16.0. The number of hydrogen-bond acceptors (Lipinski definition) is 5. The number of aryl methyl sites for hydroxylation is 2. The molecule has 0 spiro atoms. The number of fused-ring (bicyclic) bond motifs is 1. The number of ketones is 1. The molecule has 0 unspecified atom stereocenters. The SMILES string of the molecule is COc1cccc(C(=O)NCC(=O)O[C@@H](C)C(=O)c2ccc3c(c2)CCC3)c1. The van der Waals surface area contributed by atoms with Crippen molar-refractivity contribution in [2.45, 2.75) is 32.3 Å². The maximum absolute atomic E-state index is 12.5. The average molecular weight is 381 g/mol. The molecule has 146 valence electrons. The molecule has 6 heteroatoms. The third kappa shape index (κ3) is 4.57. The number of benzene rings is 2. The maximum Gasteiger partial charge on any atom is 0.326 e. The highest BCUT2D eigenvalue weighted by Crippen LogP contribution is 2.23. The second-order valence-electron chi connectivity index (χ2n) is 6.75. The highest BCUT2D eigenvalue weighted by Gasteiger charge is 2.22. The van der Waals surface area contributed by atoms with Crippen molar-refractivity contribution >= 4 is 17.7 Å². The molecule has 2 aromatic rings. The second-order valence-corrected chi connectivity index (χ2v) is 6.75. The van der Waals surface area contributed by atoms with Gasteiger partial charge in [-0.05, 0) is 61.6 Å². The first kappa shape index (κ1) is 19.6. The number of hydrogen-bond donors (Lipinski definition) is 1. The summed E-state index contributed by atoms with van der Waals surface area (Å²) >= 11 is 0. The molecule has 0 radical (unpaired) electrons. The average Bonchev–Trinajstić information content (AvgIpc) is 3.19. The number of carbonyl (C=O) groups is 3. The Morgan fingerprint density at radius 1 is 1.04 bits per heavy atom. The highest BCUT2D eigenvalue weighted by atomic mass is 16.5. The van der Waals surface area contributed by atoms with Crippen LogP contribution in [0.3, 0.4) is 0 Å². The van der Waals surface area contributed by atoms with Crippen LogP contribution in [0.25, 0.3) is 0 Å². The van der Waals surface area contributed by atoms with E-state index in [-0.39, 0.29) is 12.3 Å². The van der Waals surface area contributed by atoms with Crippen molar-refractivity contribution in [3.05, 3.63) is 64.7 Å². The summed E-state index contributed by atoms with van der Waals surface area (Å²) in [5.74, 6) is -0.794. The van der Waals surface area contributed by atoms with E-state index >= 15 is 0 Å². The normalized spacial score (nSPS) is 13.4. The standard InChI is InChI=1S/C22H23NO5/c1-14(21(25)17-10-9-15-5-3-6-16(15)11-17)28-20(24)13-23-22(26)18-7-4-8-19(12-18)27-2/h4,7-12,14H,3,5-6,13H2,1-2H3,(H,23,26)/t14-/m0/s1. The highest BCUT2D eigenvalue weighted by molar-refractivity contribution is 6.01. The summed E-state index contributed by atoms with van der Waals surface area (Å²) in [7, 11) is 1.51. The lowest BCUT2D eigenvalue weighted by atomic mass is 10.0. The molecule has 1 atom stereocenters. The molecular formula is C22H23NO5. The number of rotatable bonds is 7. The third-order valence-corrected chi connectivity index (χ3v) is 4.79. The van der Waals surface area contributed by atoms with E-state index in [0.29, 0.717) is 16.9 Å². The van der Waals surface area contributed by atoms with E-state index in [4.69, 9.17) is 9.47 Å². The van der Waals surface area contributed by atoms with Gasteiger partial charge in [-0.1, -0.05) is 18.2 Å². The van der Waals surface area contributed by atoms with Crippen molar-refractivity contribution in [1.82, 2.24) is 5.32 Å². The molecule has 0 fully saturated rings. The molecule has 1 N–H and O–H groups in total. The minimum atomic E-state index is -0.916. The van der Waals surface area contributed by atoms with E-state index in [9.17, 15) is 14.4 Å². The van der Waals surface area contributed by atoms with Crippen LogP contribution in [0.15, 0.2) is 42.5 Å². The van der Waals surface area contributed by atoms with E-state index < -0.39 is 18.0 Å². The molecule has 3 rings (SSSR count). The second kappa shape index (κ2) is 8.69. The van der Waals surface area contributed by atoms with Crippen LogP contribution in [0.2, 0.25) is 0 Å². The summed E-state index contributed by atoms with van der Waals surface area (Å²) in [6.07, 6.45) is 2.20. The number of methoxy groups -OCH3 is 1. The fraction of sp³-hybridized carbons (Fsp3) is 0.318. The number of esters is 1. The molecule has 1 aliphatic rings. The van der Waals surface area contributed by atoms with Crippen molar-refractivity contribution in [1.29, 1.82) is 0 Å². The van der Waals surface area contributed by atoms with E-state index in [1.807, 2.05) is 12.1 Å². The van der Waals surface area contributed by atoms with Crippen molar-refractivity contribution < 1.29 is 23.9 Å². The summed E-state index contributed by atoms with van der Waals surface area (Å²) in [5.41, 5.74) is 3.38. The maximum atomic E-state index is 12.5. The van der Waals surface area contributed by atoms with Gasteiger partial charge in [0.25, 0.3) is 5.91 Å². The van der Waals surface area contributed by atoms with Gasteiger partial charge in [0, 0.05) is 11.1 Å². The number of Topliss-reactive ketones (excluding diaryl/α,β-unsaturated/α-hetero) is 1. The largest absolute Gasteiger partial charge is 0.497 e. The number of amides is 1. The Hall–Kier alpha value is -3.15. The van der Waals surface area contributed by atoms with Gasteiger partial charge in [0.05, 0.1) is 7.11 Å². The zero-order chi connectivity index (χ0) is 20.1. The van der Waals surface area contributed by atoms with E-state index in [1.54, 1.807) is 30.3 Å². The van der Waals surface area contributed by atoms with E-state index in [1.165, 1.54) is 25.2 Å². The molecule has 0 bridgehead atoms. The van der Waals surface area contributed by atoms with Crippen LogP contribution >= 0.6 is 0 Å². The van der Waals surface area contributed by atoms with Crippen LogP contribution in [-0.2, 0) is 22.4 Å². The van der Waals surface area contributed by atoms with E-state index in [2.05, 4.69) is 5.32 Å². The molecule has 28 heavy (non-hydrogen) atoms. The Morgan fingerprint density at radius 3 is 2.61 bits per heavy atom. The van der Waals surface area contributed by atoms with Gasteiger partial charge in [0.2, 0.25) is 5.78 Å². The fourth-order valence-corrected chi connectivity index (χ4v) is 3.27. The van der Waals surface area contributed by atoms with Gasteiger partial charge in [-0.2, -0.15) is 0 Å². The Morgan fingerprint density at radius 2 is 1.82 bits per heavy atom. The molecule has 1 aliphatic carbocycles. The quantitative estimate of drug-likeness (QED) is 0.589. The van der Waals surface area contributed by atoms with Gasteiger partial charge < -0.3 is 14.8 Å². The lowest BCUT2D eigenvalue weighted by Gasteiger charge is -2.13. The molecule has 0 aliphatic heterocycles. The minimum absolute atomic E-state index is 0.248. The van der Waals surface area contributed by atoms with Gasteiger partial charge in [-0.3, -0.25) is 14.4 Å². The molecule has 6 nitrogen and oxygen atoms in total. The molecular weight excluding hydrogens is 358 g/mol. The monoisotopic (exact) mass is 381 g/mol. The Balaban J connectivity index is 1.52. The fourth-order valence-electron chi connectivity index (χ4n) is 3.27. The van der Waals surface area contributed by atoms with Crippen molar-refractivity contribution in [2.75, 3.05) is 13.7 Å². The first-order valence-corrected chi connectivity index (χ1v) is 9.25. The molecule has 1 amide bonds. The first-order valence-electron chi connectivity index (χ1n) is 9.25. The Labute approximate surface area is 163 Å². The predicted octanol–water partition coefficient (Wildman–Crippen LogP) is 2.73. The lowest BCUT2D eigenvalue weighted by molar-refractivity contribution is -0.145. The van der Waals surface area contributed by atoms with Crippen LogP contribution in [0.1, 0.15) is 45.2 Å². The van der Waals surface area contributed by atoms with Gasteiger partial charge in [-0.25, -0.2) is 0 Å². The van der Waals surface area contributed by atoms with Gasteiger partial charge in [-0.15, -0.1) is 0 Å². The molecule has 0 aromatic heterocycles. The first-order chi connectivity index (χ1) is 13.5. The Bertz CT molecular complexity index is 906. The minimum Gasteiger partial charge on any atom is -0.497 e. The molecule has 0 saturated carbocycles. The van der Waals surface area contributed by atoms with Gasteiger partial charge in [0.1, 0.15) is 12.3 Å². The smallest absolute Gasteiger partial charge is 0.326 e. The van der Waals surface area contributed by atoms with Crippen molar-refractivity contribution in [2.24, 2.45) is 0 Å². The molecule has 0 saturated heterocycles. The molecule has 2 aromatic carbocycles. The summed E-state index contributed by atoms with van der Waals surface area (Å²) in [6.45, 7) is 1.22. The third-order valence-electron chi connectivity index (χ3n) is 4.79. The van der Waals surface area contributed by atoms with Crippen LogP contribution in [0.4, 0.5) is 0 Å². The van der Waals surface area contributed by atoms with Gasteiger partial charge >= 0.3 is 5.97 Å². The summed E-state index contributed by atoms with van der Waals surface area (Å²) in [6, 6.07) is 12.2. The summed E-state index contributed by atoms with van der Waals surface area (Å²) in [4.78, 5) is 36.7. The van der Waals surface area contributed by atoms with Crippen molar-refractivity contribution in [3.8, 4) is 5.75 Å². The Kier molecular flexibility index (Phi) is 6.09.